The van der Waals surface area contributed by atoms with Crippen LogP contribution in [0.5, 0.6) is 0 Å². The Kier molecular flexibility index (Phi) is 7.56. The molecular weight excluding hydrogens is 274 g/mol. The van der Waals surface area contributed by atoms with E-state index in [4.69, 9.17) is 5.11 Å². The van der Waals surface area contributed by atoms with E-state index in [1.165, 1.54) is 0 Å². The van der Waals surface area contributed by atoms with E-state index < -0.39 is 17.9 Å². The van der Waals surface area contributed by atoms with Crippen molar-refractivity contribution in [1.29, 1.82) is 0 Å². The van der Waals surface area contributed by atoms with Gasteiger partial charge in [0.2, 0.25) is 5.91 Å². The van der Waals surface area contributed by atoms with Gasteiger partial charge in [-0.15, -0.1) is 0 Å². The fraction of sp³-hybridized carbons (Fsp3) is 0.786. The van der Waals surface area contributed by atoms with Crippen molar-refractivity contribution in [3.05, 3.63) is 0 Å². The van der Waals surface area contributed by atoms with Crippen LogP contribution in [0.4, 0.5) is 4.79 Å². The van der Waals surface area contributed by atoms with Crippen LogP contribution in [0.3, 0.4) is 0 Å². The predicted octanol–water partition coefficient (Wildman–Crippen LogP) is 0.845. The van der Waals surface area contributed by atoms with Crippen molar-refractivity contribution in [1.82, 2.24) is 16.0 Å². The average Bonchev–Trinajstić information content (AvgIpc) is 2.45. The number of amides is 3. The highest BCUT2D eigenvalue weighted by atomic mass is 16.4. The molecule has 7 nitrogen and oxygen atoms in total. The molecule has 21 heavy (non-hydrogen) atoms. The zero-order chi connectivity index (χ0) is 15.7. The van der Waals surface area contributed by atoms with Crippen LogP contribution in [-0.2, 0) is 9.59 Å². The molecule has 0 saturated heterocycles. The summed E-state index contributed by atoms with van der Waals surface area (Å²) < 4.78 is 0. The third-order valence-electron chi connectivity index (χ3n) is 3.61. The summed E-state index contributed by atoms with van der Waals surface area (Å²) in [5, 5.41) is 17.1. The molecule has 0 heterocycles. The first kappa shape index (κ1) is 17.3. The van der Waals surface area contributed by atoms with Crippen LogP contribution >= 0.6 is 0 Å². The molecule has 0 aliphatic heterocycles. The van der Waals surface area contributed by atoms with Crippen molar-refractivity contribution in [2.24, 2.45) is 5.92 Å². The molecule has 1 aliphatic carbocycles. The van der Waals surface area contributed by atoms with Gasteiger partial charge < -0.3 is 21.1 Å². The van der Waals surface area contributed by atoms with E-state index in [1.54, 1.807) is 0 Å². The summed E-state index contributed by atoms with van der Waals surface area (Å²) in [5.41, 5.74) is 0. The number of rotatable bonds is 7. The minimum Gasteiger partial charge on any atom is -0.481 e. The summed E-state index contributed by atoms with van der Waals surface area (Å²) in [6.45, 7) is 2.84. The number of aliphatic carboxylic acids is 1. The van der Waals surface area contributed by atoms with Crippen molar-refractivity contribution in [2.45, 2.75) is 51.5 Å². The van der Waals surface area contributed by atoms with Gasteiger partial charge in [-0.25, -0.2) is 4.79 Å². The van der Waals surface area contributed by atoms with Crippen LogP contribution in [0.2, 0.25) is 0 Å². The number of nitrogens with one attached hydrogen (secondary N) is 3. The summed E-state index contributed by atoms with van der Waals surface area (Å²) in [5.74, 6) is -1.48. The van der Waals surface area contributed by atoms with E-state index in [0.29, 0.717) is 19.4 Å². The number of carboxylic acids is 1. The highest BCUT2D eigenvalue weighted by Crippen LogP contribution is 2.24. The van der Waals surface area contributed by atoms with E-state index in [-0.39, 0.29) is 24.9 Å². The van der Waals surface area contributed by atoms with Crippen molar-refractivity contribution >= 4 is 17.9 Å². The van der Waals surface area contributed by atoms with Gasteiger partial charge >= 0.3 is 12.0 Å². The van der Waals surface area contributed by atoms with Crippen LogP contribution in [0, 0.1) is 5.92 Å². The summed E-state index contributed by atoms with van der Waals surface area (Å²) in [7, 11) is 0. The van der Waals surface area contributed by atoms with Gasteiger partial charge in [0.1, 0.15) is 0 Å². The lowest BCUT2D eigenvalue weighted by atomic mass is 9.84. The molecule has 3 amide bonds. The van der Waals surface area contributed by atoms with Gasteiger partial charge in [-0.05, 0) is 19.3 Å². The summed E-state index contributed by atoms with van der Waals surface area (Å²) >= 11 is 0. The molecule has 1 fully saturated rings. The summed E-state index contributed by atoms with van der Waals surface area (Å²) in [6.07, 6.45) is 4.18. The second-order valence-electron chi connectivity index (χ2n) is 5.34. The maximum Gasteiger partial charge on any atom is 0.315 e. The fourth-order valence-corrected chi connectivity index (χ4v) is 2.46. The van der Waals surface area contributed by atoms with E-state index in [9.17, 15) is 14.4 Å². The molecule has 0 aromatic heterocycles. The van der Waals surface area contributed by atoms with Gasteiger partial charge in [-0.2, -0.15) is 0 Å². The molecule has 1 saturated carbocycles. The van der Waals surface area contributed by atoms with Crippen molar-refractivity contribution < 1.29 is 19.5 Å². The molecule has 4 N–H and O–H groups in total. The maximum absolute atomic E-state index is 11.7. The first-order valence-corrected chi connectivity index (χ1v) is 7.58. The molecule has 0 aromatic rings. The molecule has 7 heteroatoms. The largest absolute Gasteiger partial charge is 0.481 e. The van der Waals surface area contributed by atoms with Crippen molar-refractivity contribution in [3.63, 3.8) is 0 Å². The first-order chi connectivity index (χ1) is 10.0. The molecule has 0 spiro atoms. The standard InChI is InChI=1S/C14H25N3O4/c1-2-8-15-12(18)7-9-16-14(21)17-11-6-4-3-5-10(11)13(19)20/h10-11H,2-9H2,1H3,(H,15,18)(H,19,20)(H2,16,17,21). The number of hydrogen-bond acceptors (Lipinski definition) is 3. The summed E-state index contributed by atoms with van der Waals surface area (Å²) in [6, 6.07) is -0.735. The number of urea groups is 1. The highest BCUT2D eigenvalue weighted by molar-refractivity contribution is 5.79. The Balaban J connectivity index is 2.26. The molecule has 1 aliphatic rings. The SMILES string of the molecule is CCCNC(=O)CCNC(=O)NC1CCCCC1C(=O)O. The molecule has 2 atom stereocenters. The van der Waals surface area contributed by atoms with E-state index >= 15 is 0 Å². The topological polar surface area (TPSA) is 108 Å². The van der Waals surface area contributed by atoms with Gasteiger partial charge in [-0.3, -0.25) is 9.59 Å². The number of carbonyl (C=O) groups excluding carboxylic acids is 2. The lowest BCUT2D eigenvalue weighted by molar-refractivity contribution is -0.143. The van der Waals surface area contributed by atoms with Crippen molar-refractivity contribution in [2.75, 3.05) is 13.1 Å². The van der Waals surface area contributed by atoms with Crippen molar-refractivity contribution in [3.8, 4) is 0 Å². The number of carboxylic acid groups (broad SMARTS) is 1. The van der Waals surface area contributed by atoms with Gasteiger partial charge in [-0.1, -0.05) is 19.8 Å². The first-order valence-electron chi connectivity index (χ1n) is 7.58. The van der Waals surface area contributed by atoms with Crippen LogP contribution in [0.15, 0.2) is 0 Å². The van der Waals surface area contributed by atoms with Gasteiger partial charge in [0.25, 0.3) is 0 Å². The summed E-state index contributed by atoms with van der Waals surface area (Å²) in [4.78, 5) is 34.2. The number of carbonyl (C=O) groups is 3. The van der Waals surface area contributed by atoms with E-state index in [0.717, 1.165) is 19.3 Å². The average molecular weight is 299 g/mol. The van der Waals surface area contributed by atoms with Gasteiger partial charge in [0, 0.05) is 25.6 Å². The van der Waals surface area contributed by atoms with E-state index in [2.05, 4.69) is 16.0 Å². The van der Waals surface area contributed by atoms with E-state index in [1.807, 2.05) is 6.92 Å². The fourth-order valence-electron chi connectivity index (χ4n) is 2.46. The Morgan fingerprint density at radius 1 is 1.10 bits per heavy atom. The molecule has 2 unspecified atom stereocenters. The molecular formula is C14H25N3O4. The zero-order valence-electron chi connectivity index (χ0n) is 12.5. The molecule has 0 radical (unpaired) electrons. The third kappa shape index (κ3) is 6.46. The van der Waals surface area contributed by atoms with Gasteiger partial charge in [0.15, 0.2) is 0 Å². The quantitative estimate of drug-likeness (QED) is 0.559. The van der Waals surface area contributed by atoms with Crippen LogP contribution in [0.1, 0.15) is 45.4 Å². The molecule has 0 bridgehead atoms. The minimum atomic E-state index is -0.862. The second-order valence-corrected chi connectivity index (χ2v) is 5.34. The third-order valence-corrected chi connectivity index (χ3v) is 3.61. The van der Waals surface area contributed by atoms with Crippen LogP contribution in [0.25, 0.3) is 0 Å². The molecule has 120 valence electrons. The zero-order valence-corrected chi connectivity index (χ0v) is 12.5. The lowest BCUT2D eigenvalue weighted by Crippen LogP contribution is -2.49. The second kappa shape index (κ2) is 9.20. The normalized spacial score (nSPS) is 21.4. The monoisotopic (exact) mass is 299 g/mol. The Labute approximate surface area is 124 Å². The smallest absolute Gasteiger partial charge is 0.315 e. The Hall–Kier alpha value is -1.79. The minimum absolute atomic E-state index is 0.0989. The van der Waals surface area contributed by atoms with Gasteiger partial charge in [0.05, 0.1) is 5.92 Å². The molecule has 0 aromatic carbocycles. The predicted molar refractivity (Wildman–Crippen MR) is 77.8 cm³/mol. The highest BCUT2D eigenvalue weighted by Gasteiger charge is 2.31. The Morgan fingerprint density at radius 2 is 1.81 bits per heavy atom. The maximum atomic E-state index is 11.7. The van der Waals surface area contributed by atoms with Crippen LogP contribution < -0.4 is 16.0 Å². The van der Waals surface area contributed by atoms with Crippen LogP contribution in [-0.4, -0.2) is 42.1 Å². The Morgan fingerprint density at radius 3 is 2.48 bits per heavy atom. The number of hydrogen-bond donors (Lipinski definition) is 4. The molecule has 1 rings (SSSR count). The Bertz CT molecular complexity index is 373. The lowest BCUT2D eigenvalue weighted by Gasteiger charge is -2.29.